The number of benzene rings is 1. The van der Waals surface area contributed by atoms with Crippen molar-refractivity contribution in [3.05, 3.63) is 54.1 Å². The lowest BCUT2D eigenvalue weighted by Crippen LogP contribution is -2.31. The van der Waals surface area contributed by atoms with E-state index in [9.17, 15) is 4.79 Å². The minimum Gasteiger partial charge on any atom is -0.496 e. The van der Waals surface area contributed by atoms with Crippen LogP contribution in [0.5, 0.6) is 5.75 Å². The molecule has 120 valence electrons. The Hall–Kier alpha value is -2.43. The molecular formula is C18H21N3O2. The number of hydrogen-bond donors (Lipinski definition) is 0. The predicted octanol–water partition coefficient (Wildman–Crippen LogP) is 2.78. The van der Waals surface area contributed by atoms with E-state index in [-0.39, 0.29) is 11.9 Å². The predicted molar refractivity (Wildman–Crippen MR) is 87.0 cm³/mol. The van der Waals surface area contributed by atoms with Crippen LogP contribution in [0.25, 0.3) is 0 Å². The molecule has 2 heterocycles. The van der Waals surface area contributed by atoms with E-state index in [2.05, 4.69) is 16.0 Å². The molecule has 5 heteroatoms. The van der Waals surface area contributed by atoms with E-state index in [0.29, 0.717) is 12.8 Å². The summed E-state index contributed by atoms with van der Waals surface area (Å²) < 4.78 is 5.46. The number of aromatic nitrogens is 2. The second-order valence-corrected chi connectivity index (χ2v) is 5.68. The average Bonchev–Trinajstić information content (AvgIpc) is 3.10. The summed E-state index contributed by atoms with van der Waals surface area (Å²) in [6, 6.07) is 8.07. The molecule has 1 saturated heterocycles. The molecule has 1 aromatic heterocycles. The fourth-order valence-electron chi connectivity index (χ4n) is 3.17. The number of carbonyl (C=O) groups excluding carboxylic acids is 1. The Labute approximate surface area is 136 Å². The van der Waals surface area contributed by atoms with Crippen LogP contribution in [0.4, 0.5) is 0 Å². The fraction of sp³-hybridized carbons (Fsp3) is 0.389. The molecule has 0 bridgehead atoms. The summed E-state index contributed by atoms with van der Waals surface area (Å²) in [6.07, 6.45) is 8.12. The largest absolute Gasteiger partial charge is 0.496 e. The van der Waals surface area contributed by atoms with Crippen LogP contribution in [0.15, 0.2) is 42.9 Å². The number of carbonyl (C=O) groups is 1. The number of amides is 1. The van der Waals surface area contributed by atoms with E-state index < -0.39 is 0 Å². The molecule has 5 nitrogen and oxygen atoms in total. The highest BCUT2D eigenvalue weighted by Gasteiger charge is 2.31. The molecule has 1 amide bonds. The molecule has 0 spiro atoms. The van der Waals surface area contributed by atoms with Crippen LogP contribution < -0.4 is 4.74 Å². The first-order valence-corrected chi connectivity index (χ1v) is 7.97. The zero-order chi connectivity index (χ0) is 16.1. The van der Waals surface area contributed by atoms with Crippen molar-refractivity contribution in [1.29, 1.82) is 0 Å². The number of methoxy groups -OCH3 is 1. The van der Waals surface area contributed by atoms with Gasteiger partial charge in [0.2, 0.25) is 5.91 Å². The topological polar surface area (TPSA) is 55.3 Å². The lowest BCUT2D eigenvalue weighted by Gasteiger charge is -2.26. The fourth-order valence-corrected chi connectivity index (χ4v) is 3.17. The lowest BCUT2D eigenvalue weighted by atomic mass is 10.0. The molecule has 0 radical (unpaired) electrons. The molecule has 3 rings (SSSR count). The van der Waals surface area contributed by atoms with Gasteiger partial charge in [-0.25, -0.2) is 0 Å². The lowest BCUT2D eigenvalue weighted by molar-refractivity contribution is -0.132. The van der Waals surface area contributed by atoms with Crippen LogP contribution in [-0.4, -0.2) is 34.4 Å². The van der Waals surface area contributed by atoms with Crippen molar-refractivity contribution >= 4 is 5.91 Å². The summed E-state index contributed by atoms with van der Waals surface area (Å²) in [5, 5.41) is 0. The maximum absolute atomic E-state index is 12.6. The summed E-state index contributed by atoms with van der Waals surface area (Å²) in [7, 11) is 1.67. The number of nitrogens with zero attached hydrogens (tertiary/aromatic N) is 3. The van der Waals surface area contributed by atoms with Gasteiger partial charge in [-0.3, -0.25) is 14.8 Å². The Balaban J connectivity index is 1.70. The van der Waals surface area contributed by atoms with Gasteiger partial charge in [0.25, 0.3) is 0 Å². The zero-order valence-electron chi connectivity index (χ0n) is 13.3. The van der Waals surface area contributed by atoms with Crippen LogP contribution >= 0.6 is 0 Å². The van der Waals surface area contributed by atoms with Crippen molar-refractivity contribution in [3.8, 4) is 5.75 Å². The van der Waals surface area contributed by atoms with Gasteiger partial charge >= 0.3 is 0 Å². The van der Waals surface area contributed by atoms with Crippen molar-refractivity contribution in [2.24, 2.45) is 0 Å². The highest BCUT2D eigenvalue weighted by molar-refractivity contribution is 5.77. The molecule has 0 saturated carbocycles. The Morgan fingerprint density at radius 2 is 2.22 bits per heavy atom. The summed E-state index contributed by atoms with van der Waals surface area (Å²) in [4.78, 5) is 22.9. The van der Waals surface area contributed by atoms with Crippen molar-refractivity contribution in [2.45, 2.75) is 31.7 Å². The second kappa shape index (κ2) is 7.22. The molecule has 0 aliphatic carbocycles. The number of para-hydroxylation sites is 1. The van der Waals surface area contributed by atoms with E-state index in [1.165, 1.54) is 0 Å². The van der Waals surface area contributed by atoms with Crippen LogP contribution in [0.3, 0.4) is 0 Å². The van der Waals surface area contributed by atoms with E-state index in [1.807, 2.05) is 23.1 Å². The Bertz CT molecular complexity index is 660. The van der Waals surface area contributed by atoms with Gasteiger partial charge in [0.15, 0.2) is 0 Å². The summed E-state index contributed by atoms with van der Waals surface area (Å²) in [5.41, 5.74) is 1.95. The van der Waals surface area contributed by atoms with Gasteiger partial charge in [-0.15, -0.1) is 0 Å². The monoisotopic (exact) mass is 311 g/mol. The molecule has 1 aliphatic rings. The highest BCUT2D eigenvalue weighted by atomic mass is 16.5. The van der Waals surface area contributed by atoms with E-state index in [4.69, 9.17) is 4.74 Å². The highest BCUT2D eigenvalue weighted by Crippen LogP contribution is 2.37. The first kappa shape index (κ1) is 15.5. The maximum Gasteiger partial charge on any atom is 0.223 e. The second-order valence-electron chi connectivity index (χ2n) is 5.68. The minimum atomic E-state index is 0.112. The smallest absolute Gasteiger partial charge is 0.223 e. The number of rotatable bonds is 5. The molecule has 0 unspecified atom stereocenters. The first-order valence-electron chi connectivity index (χ1n) is 7.97. The Morgan fingerprint density at radius 3 is 3.00 bits per heavy atom. The van der Waals surface area contributed by atoms with Gasteiger partial charge < -0.3 is 9.64 Å². The summed E-state index contributed by atoms with van der Waals surface area (Å²) in [6.45, 7) is 0.808. The van der Waals surface area contributed by atoms with Gasteiger partial charge in [0.05, 0.1) is 18.8 Å². The summed E-state index contributed by atoms with van der Waals surface area (Å²) in [5.74, 6) is 1.02. The SMILES string of the molecule is COc1ccccc1[C@H]1CCCN1C(=O)CCc1cnccn1. The van der Waals surface area contributed by atoms with Gasteiger partial charge in [-0.05, 0) is 25.3 Å². The standard InChI is InChI=1S/C18H21N3O2/c1-23-17-7-3-2-5-15(17)16-6-4-12-21(16)18(22)9-8-14-13-19-10-11-20-14/h2-3,5,7,10-11,13,16H,4,6,8-9,12H2,1H3/t16-/m1/s1. The zero-order valence-corrected chi connectivity index (χ0v) is 13.3. The van der Waals surface area contributed by atoms with Crippen molar-refractivity contribution in [2.75, 3.05) is 13.7 Å². The van der Waals surface area contributed by atoms with Crippen LogP contribution in [0.1, 0.15) is 36.6 Å². The Morgan fingerprint density at radius 1 is 1.35 bits per heavy atom. The number of likely N-dealkylation sites (tertiary alicyclic amines) is 1. The maximum atomic E-state index is 12.6. The molecule has 0 N–H and O–H groups in total. The van der Waals surface area contributed by atoms with Crippen LogP contribution in [-0.2, 0) is 11.2 Å². The van der Waals surface area contributed by atoms with Gasteiger partial charge in [-0.1, -0.05) is 18.2 Å². The quantitative estimate of drug-likeness (QED) is 0.852. The third kappa shape index (κ3) is 3.50. The molecule has 1 aromatic carbocycles. The van der Waals surface area contributed by atoms with Crippen LogP contribution in [0, 0.1) is 0 Å². The third-order valence-corrected chi connectivity index (χ3v) is 4.28. The minimum absolute atomic E-state index is 0.112. The van der Waals surface area contributed by atoms with Gasteiger partial charge in [0.1, 0.15) is 5.75 Å². The number of ether oxygens (including phenoxy) is 1. The third-order valence-electron chi connectivity index (χ3n) is 4.28. The van der Waals surface area contributed by atoms with E-state index in [1.54, 1.807) is 25.7 Å². The summed E-state index contributed by atoms with van der Waals surface area (Å²) >= 11 is 0. The first-order chi connectivity index (χ1) is 11.3. The molecular weight excluding hydrogens is 290 g/mol. The van der Waals surface area contributed by atoms with E-state index >= 15 is 0 Å². The molecule has 1 fully saturated rings. The Kier molecular flexibility index (Phi) is 4.86. The van der Waals surface area contributed by atoms with Crippen molar-refractivity contribution < 1.29 is 9.53 Å². The molecule has 2 aromatic rings. The van der Waals surface area contributed by atoms with E-state index in [0.717, 1.165) is 36.4 Å². The molecule has 1 aliphatic heterocycles. The van der Waals surface area contributed by atoms with Crippen molar-refractivity contribution in [3.63, 3.8) is 0 Å². The molecule has 1 atom stereocenters. The van der Waals surface area contributed by atoms with Gasteiger partial charge in [0, 0.05) is 37.1 Å². The normalized spacial score (nSPS) is 17.3. The molecule has 23 heavy (non-hydrogen) atoms. The van der Waals surface area contributed by atoms with Gasteiger partial charge in [-0.2, -0.15) is 0 Å². The number of aryl methyl sites for hydroxylation is 1. The average molecular weight is 311 g/mol. The van der Waals surface area contributed by atoms with Crippen LogP contribution in [0.2, 0.25) is 0 Å². The number of hydrogen-bond acceptors (Lipinski definition) is 4. The van der Waals surface area contributed by atoms with Crippen molar-refractivity contribution in [1.82, 2.24) is 14.9 Å².